The molecule has 3 heteroatoms. The fourth-order valence-corrected chi connectivity index (χ4v) is 2.91. The van der Waals surface area contributed by atoms with Crippen molar-refractivity contribution in [1.29, 1.82) is 0 Å². The van der Waals surface area contributed by atoms with Gasteiger partial charge in [-0.25, -0.2) is 0 Å². The summed E-state index contributed by atoms with van der Waals surface area (Å²) in [5, 5.41) is 0. The van der Waals surface area contributed by atoms with Crippen LogP contribution in [0, 0.1) is 5.92 Å². The zero-order chi connectivity index (χ0) is 14.9. The first-order chi connectivity index (χ1) is 10.3. The van der Waals surface area contributed by atoms with Gasteiger partial charge >= 0.3 is 0 Å². The van der Waals surface area contributed by atoms with Crippen molar-refractivity contribution in [2.45, 2.75) is 45.4 Å². The quantitative estimate of drug-likeness (QED) is 0.703. The van der Waals surface area contributed by atoms with Crippen LogP contribution in [-0.2, 0) is 0 Å². The maximum Gasteiger partial charge on any atom is 0.119 e. The Bertz CT molecular complexity index is 391. The molecule has 1 aliphatic rings. The molecule has 1 heterocycles. The van der Waals surface area contributed by atoms with Gasteiger partial charge in [-0.1, -0.05) is 32.6 Å². The molecule has 2 rings (SSSR count). The first-order valence-corrected chi connectivity index (χ1v) is 8.51. The number of rotatable bonds is 9. The Balaban J connectivity index is 1.70. The molecular weight excluding hydrogens is 260 g/mol. The zero-order valence-electron chi connectivity index (χ0n) is 13.4. The second-order valence-electron chi connectivity index (χ2n) is 6.09. The highest BCUT2D eigenvalue weighted by Gasteiger charge is 2.21. The molecule has 1 unspecified atom stereocenters. The van der Waals surface area contributed by atoms with Gasteiger partial charge in [0.1, 0.15) is 5.75 Å². The van der Waals surface area contributed by atoms with Crippen molar-refractivity contribution >= 4 is 5.69 Å². The summed E-state index contributed by atoms with van der Waals surface area (Å²) in [5.41, 5.74) is 7.04. The van der Waals surface area contributed by atoms with E-state index in [1.54, 1.807) is 0 Å². The van der Waals surface area contributed by atoms with E-state index in [1.807, 2.05) is 0 Å². The lowest BCUT2D eigenvalue weighted by atomic mass is 10.1. The smallest absolute Gasteiger partial charge is 0.119 e. The monoisotopic (exact) mass is 290 g/mol. The molecule has 118 valence electrons. The SMILES string of the molecule is CCCCCCCOc1ccc(N2CCC(CN)C2)cc1. The van der Waals surface area contributed by atoms with Crippen LogP contribution in [0.2, 0.25) is 0 Å². The van der Waals surface area contributed by atoms with Crippen LogP contribution in [0.1, 0.15) is 45.4 Å². The minimum absolute atomic E-state index is 0.657. The Kier molecular flexibility index (Phi) is 6.87. The molecule has 1 saturated heterocycles. The van der Waals surface area contributed by atoms with Crippen LogP contribution in [-0.4, -0.2) is 26.2 Å². The molecule has 0 amide bonds. The van der Waals surface area contributed by atoms with Crippen LogP contribution < -0.4 is 15.4 Å². The summed E-state index contributed by atoms with van der Waals surface area (Å²) in [6, 6.07) is 8.53. The number of hydrogen-bond acceptors (Lipinski definition) is 3. The van der Waals surface area contributed by atoms with Crippen molar-refractivity contribution in [3.05, 3.63) is 24.3 Å². The van der Waals surface area contributed by atoms with Crippen molar-refractivity contribution in [3.8, 4) is 5.75 Å². The summed E-state index contributed by atoms with van der Waals surface area (Å²) in [5.74, 6) is 1.65. The van der Waals surface area contributed by atoms with Crippen molar-refractivity contribution in [1.82, 2.24) is 0 Å². The Morgan fingerprint density at radius 3 is 2.57 bits per heavy atom. The lowest BCUT2D eigenvalue weighted by Gasteiger charge is -2.18. The van der Waals surface area contributed by atoms with E-state index >= 15 is 0 Å². The van der Waals surface area contributed by atoms with Gasteiger partial charge in [-0.3, -0.25) is 0 Å². The first-order valence-electron chi connectivity index (χ1n) is 8.51. The Hall–Kier alpha value is -1.22. The third-order valence-electron chi connectivity index (χ3n) is 4.34. The molecule has 0 aliphatic carbocycles. The van der Waals surface area contributed by atoms with E-state index in [1.165, 1.54) is 37.8 Å². The highest BCUT2D eigenvalue weighted by Crippen LogP contribution is 2.25. The standard InChI is InChI=1S/C18H30N2O/c1-2-3-4-5-6-13-21-18-9-7-17(8-10-18)20-12-11-16(14-19)15-20/h7-10,16H,2-6,11-15,19H2,1H3. The summed E-state index contributed by atoms with van der Waals surface area (Å²) >= 11 is 0. The molecule has 1 fully saturated rings. The number of unbranched alkanes of at least 4 members (excludes halogenated alkanes) is 4. The topological polar surface area (TPSA) is 38.5 Å². The molecule has 1 aromatic rings. The van der Waals surface area contributed by atoms with E-state index in [0.717, 1.165) is 38.4 Å². The molecule has 0 aromatic heterocycles. The first kappa shape index (κ1) is 16.2. The van der Waals surface area contributed by atoms with Gasteiger partial charge in [0.15, 0.2) is 0 Å². The van der Waals surface area contributed by atoms with E-state index in [4.69, 9.17) is 10.5 Å². The molecule has 0 bridgehead atoms. The highest BCUT2D eigenvalue weighted by molar-refractivity contribution is 5.49. The van der Waals surface area contributed by atoms with Crippen LogP contribution in [0.15, 0.2) is 24.3 Å². The van der Waals surface area contributed by atoms with Crippen molar-refractivity contribution in [2.75, 3.05) is 31.1 Å². The number of hydrogen-bond donors (Lipinski definition) is 1. The molecular formula is C18H30N2O. The summed E-state index contributed by atoms with van der Waals surface area (Å²) in [4.78, 5) is 2.42. The van der Waals surface area contributed by atoms with Crippen LogP contribution in [0.3, 0.4) is 0 Å². The van der Waals surface area contributed by atoms with Crippen LogP contribution in [0.5, 0.6) is 5.75 Å². The predicted octanol–water partition coefficient (Wildman–Crippen LogP) is 3.82. The minimum atomic E-state index is 0.657. The van der Waals surface area contributed by atoms with Gasteiger partial charge in [0, 0.05) is 18.8 Å². The largest absolute Gasteiger partial charge is 0.494 e. The third-order valence-corrected chi connectivity index (χ3v) is 4.34. The molecule has 3 nitrogen and oxygen atoms in total. The van der Waals surface area contributed by atoms with Crippen molar-refractivity contribution < 1.29 is 4.74 Å². The highest BCUT2D eigenvalue weighted by atomic mass is 16.5. The van der Waals surface area contributed by atoms with Crippen molar-refractivity contribution in [2.24, 2.45) is 11.7 Å². The summed E-state index contributed by atoms with van der Waals surface area (Å²) in [6.07, 6.45) is 7.62. The van der Waals surface area contributed by atoms with E-state index in [9.17, 15) is 0 Å². The second-order valence-corrected chi connectivity index (χ2v) is 6.09. The summed E-state index contributed by atoms with van der Waals surface area (Å²) in [6.45, 7) is 6.10. The van der Waals surface area contributed by atoms with E-state index in [-0.39, 0.29) is 0 Å². The van der Waals surface area contributed by atoms with Crippen LogP contribution >= 0.6 is 0 Å². The van der Waals surface area contributed by atoms with Crippen LogP contribution in [0.25, 0.3) is 0 Å². The molecule has 21 heavy (non-hydrogen) atoms. The molecule has 1 atom stereocenters. The maximum absolute atomic E-state index is 5.81. The number of nitrogens with zero attached hydrogens (tertiary/aromatic N) is 1. The normalized spacial score (nSPS) is 18.2. The van der Waals surface area contributed by atoms with Gasteiger partial charge in [0.25, 0.3) is 0 Å². The lowest BCUT2D eigenvalue weighted by molar-refractivity contribution is 0.304. The number of anilines is 1. The summed E-state index contributed by atoms with van der Waals surface area (Å²) in [7, 11) is 0. The molecule has 0 saturated carbocycles. The average molecular weight is 290 g/mol. The molecule has 2 N–H and O–H groups in total. The van der Waals surface area contributed by atoms with E-state index < -0.39 is 0 Å². The minimum Gasteiger partial charge on any atom is -0.494 e. The Morgan fingerprint density at radius 2 is 1.90 bits per heavy atom. The predicted molar refractivity (Wildman–Crippen MR) is 90.1 cm³/mol. The molecule has 1 aromatic carbocycles. The Labute approximate surface area is 129 Å². The van der Waals surface area contributed by atoms with Gasteiger partial charge < -0.3 is 15.4 Å². The van der Waals surface area contributed by atoms with Crippen LogP contribution in [0.4, 0.5) is 5.69 Å². The van der Waals surface area contributed by atoms with Gasteiger partial charge in [0.2, 0.25) is 0 Å². The second kappa shape index (κ2) is 8.93. The number of benzene rings is 1. The maximum atomic E-state index is 5.81. The fourth-order valence-electron chi connectivity index (χ4n) is 2.91. The zero-order valence-corrected chi connectivity index (χ0v) is 13.4. The third kappa shape index (κ3) is 5.24. The van der Waals surface area contributed by atoms with Gasteiger partial charge in [0.05, 0.1) is 6.61 Å². The average Bonchev–Trinajstić information content (AvgIpc) is 3.00. The fraction of sp³-hybridized carbons (Fsp3) is 0.667. The molecule has 1 aliphatic heterocycles. The molecule has 0 spiro atoms. The van der Waals surface area contributed by atoms with E-state index in [2.05, 4.69) is 36.1 Å². The van der Waals surface area contributed by atoms with Gasteiger partial charge in [-0.15, -0.1) is 0 Å². The van der Waals surface area contributed by atoms with Gasteiger partial charge in [-0.2, -0.15) is 0 Å². The van der Waals surface area contributed by atoms with Gasteiger partial charge in [-0.05, 0) is 49.6 Å². The van der Waals surface area contributed by atoms with E-state index in [0.29, 0.717) is 5.92 Å². The Morgan fingerprint density at radius 1 is 1.14 bits per heavy atom. The molecule has 0 radical (unpaired) electrons. The lowest BCUT2D eigenvalue weighted by Crippen LogP contribution is -2.22. The summed E-state index contributed by atoms with van der Waals surface area (Å²) < 4.78 is 5.81. The number of ether oxygens (including phenoxy) is 1. The van der Waals surface area contributed by atoms with Crippen molar-refractivity contribution in [3.63, 3.8) is 0 Å². The number of nitrogens with two attached hydrogens (primary N) is 1.